The molecule has 0 spiro atoms. The van der Waals surface area contributed by atoms with E-state index in [4.69, 9.17) is 5.73 Å². The van der Waals surface area contributed by atoms with E-state index in [1.807, 2.05) is 61.3 Å². The summed E-state index contributed by atoms with van der Waals surface area (Å²) in [5.74, 6) is 1.27. The summed E-state index contributed by atoms with van der Waals surface area (Å²) in [6.45, 7) is 2.69. The van der Waals surface area contributed by atoms with Crippen LogP contribution >= 0.6 is 0 Å². The van der Waals surface area contributed by atoms with Crippen molar-refractivity contribution < 1.29 is 0 Å². The molecule has 2 aromatic carbocycles. The van der Waals surface area contributed by atoms with Gasteiger partial charge in [-0.05, 0) is 36.8 Å². The van der Waals surface area contributed by atoms with E-state index in [1.54, 1.807) is 0 Å². The van der Waals surface area contributed by atoms with Crippen LogP contribution in [0.2, 0.25) is 0 Å². The number of hydrogen-bond acceptors (Lipinski definition) is 6. The number of nitrogens with zero attached hydrogens (tertiary/aromatic N) is 4. The van der Waals surface area contributed by atoms with Crippen LogP contribution in [0.1, 0.15) is 11.3 Å². The molecular weight excluding hydrogens is 348 g/mol. The Hall–Kier alpha value is -3.67. The highest BCUT2D eigenvalue weighted by Gasteiger charge is 2.13. The molecule has 3 N–H and O–H groups in total. The van der Waals surface area contributed by atoms with Gasteiger partial charge in [-0.15, -0.1) is 0 Å². The Labute approximate surface area is 164 Å². The number of pyridine rings is 1. The van der Waals surface area contributed by atoms with Crippen LogP contribution in [0.3, 0.4) is 0 Å². The molecule has 2 heterocycles. The summed E-state index contributed by atoms with van der Waals surface area (Å²) < 4.78 is 0. The van der Waals surface area contributed by atoms with Crippen LogP contribution in [0, 0.1) is 6.92 Å². The fourth-order valence-electron chi connectivity index (χ4n) is 3.22. The zero-order valence-corrected chi connectivity index (χ0v) is 15.9. The molecule has 0 atom stereocenters. The maximum Gasteiger partial charge on any atom is 0.159 e. The predicted molar refractivity (Wildman–Crippen MR) is 115 cm³/mol. The van der Waals surface area contributed by atoms with Crippen molar-refractivity contribution >= 4 is 33.9 Å². The Morgan fingerprint density at radius 3 is 2.61 bits per heavy atom. The van der Waals surface area contributed by atoms with E-state index in [1.165, 1.54) is 11.9 Å². The van der Waals surface area contributed by atoms with Gasteiger partial charge in [0.25, 0.3) is 0 Å². The summed E-state index contributed by atoms with van der Waals surface area (Å²) in [6.07, 6.45) is 1.53. The van der Waals surface area contributed by atoms with Crippen LogP contribution in [-0.4, -0.2) is 22.0 Å². The second-order valence-corrected chi connectivity index (χ2v) is 6.75. The molecule has 0 radical (unpaired) electrons. The van der Waals surface area contributed by atoms with Gasteiger partial charge in [0.05, 0.1) is 5.52 Å². The lowest BCUT2D eigenvalue weighted by Crippen LogP contribution is -2.20. The number of rotatable bonds is 5. The first kappa shape index (κ1) is 17.7. The van der Waals surface area contributed by atoms with Crippen LogP contribution in [0.5, 0.6) is 0 Å². The number of nitrogen functional groups attached to an aromatic ring is 1. The third-order valence-electron chi connectivity index (χ3n) is 4.61. The van der Waals surface area contributed by atoms with E-state index in [0.717, 1.165) is 22.3 Å². The van der Waals surface area contributed by atoms with Crippen LogP contribution in [0.4, 0.5) is 23.0 Å². The minimum Gasteiger partial charge on any atom is -0.393 e. The van der Waals surface area contributed by atoms with Gasteiger partial charge in [-0.3, -0.25) is 4.98 Å². The largest absolute Gasteiger partial charge is 0.393 e. The SMILES string of the molecule is Cc1ccc2c(Nc3ncnc(N(C)Cc4ccccc4)c3N)cccc2n1. The van der Waals surface area contributed by atoms with Crippen molar-refractivity contribution in [2.75, 3.05) is 23.0 Å². The van der Waals surface area contributed by atoms with E-state index >= 15 is 0 Å². The Morgan fingerprint density at radius 2 is 1.79 bits per heavy atom. The molecule has 4 aromatic rings. The van der Waals surface area contributed by atoms with Crippen molar-refractivity contribution in [3.05, 3.63) is 78.2 Å². The molecule has 28 heavy (non-hydrogen) atoms. The molecule has 0 fully saturated rings. The molecule has 0 saturated heterocycles. The third kappa shape index (κ3) is 3.57. The second-order valence-electron chi connectivity index (χ2n) is 6.75. The molecule has 4 rings (SSSR count). The van der Waals surface area contributed by atoms with Gasteiger partial charge < -0.3 is 16.0 Å². The highest BCUT2D eigenvalue weighted by molar-refractivity contribution is 5.94. The summed E-state index contributed by atoms with van der Waals surface area (Å²) in [7, 11) is 1.97. The van der Waals surface area contributed by atoms with E-state index in [0.29, 0.717) is 23.9 Å². The lowest BCUT2D eigenvalue weighted by atomic mass is 10.1. The summed E-state index contributed by atoms with van der Waals surface area (Å²) in [5, 5.41) is 4.37. The monoisotopic (exact) mass is 370 g/mol. The number of fused-ring (bicyclic) bond motifs is 1. The maximum absolute atomic E-state index is 6.41. The van der Waals surface area contributed by atoms with Gasteiger partial charge in [-0.2, -0.15) is 0 Å². The molecule has 140 valence electrons. The Morgan fingerprint density at radius 1 is 0.964 bits per heavy atom. The first-order valence-corrected chi connectivity index (χ1v) is 9.11. The van der Waals surface area contributed by atoms with Gasteiger partial charge in [0.2, 0.25) is 0 Å². The third-order valence-corrected chi connectivity index (χ3v) is 4.61. The average Bonchev–Trinajstić information content (AvgIpc) is 2.70. The topological polar surface area (TPSA) is 80.0 Å². The van der Waals surface area contributed by atoms with Crippen LogP contribution in [-0.2, 0) is 6.54 Å². The highest BCUT2D eigenvalue weighted by Crippen LogP contribution is 2.31. The van der Waals surface area contributed by atoms with Gasteiger partial charge in [0.15, 0.2) is 11.6 Å². The Balaban J connectivity index is 1.64. The molecule has 0 aliphatic rings. The lowest BCUT2D eigenvalue weighted by Gasteiger charge is -2.21. The van der Waals surface area contributed by atoms with Crippen LogP contribution in [0.25, 0.3) is 10.9 Å². The Bertz CT molecular complexity index is 1110. The number of hydrogen-bond donors (Lipinski definition) is 2. The first-order chi connectivity index (χ1) is 13.6. The zero-order valence-electron chi connectivity index (χ0n) is 15.9. The van der Waals surface area contributed by atoms with Crippen molar-refractivity contribution in [3.63, 3.8) is 0 Å². The van der Waals surface area contributed by atoms with Crippen molar-refractivity contribution in [2.24, 2.45) is 0 Å². The average molecular weight is 370 g/mol. The molecule has 0 bridgehead atoms. The molecule has 0 amide bonds. The molecule has 0 aliphatic heterocycles. The van der Waals surface area contributed by atoms with E-state index < -0.39 is 0 Å². The van der Waals surface area contributed by atoms with E-state index in [2.05, 4.69) is 38.5 Å². The van der Waals surface area contributed by atoms with Crippen molar-refractivity contribution in [1.82, 2.24) is 15.0 Å². The summed E-state index contributed by atoms with van der Waals surface area (Å²) in [4.78, 5) is 15.3. The first-order valence-electron chi connectivity index (χ1n) is 9.11. The number of aryl methyl sites for hydroxylation is 1. The van der Waals surface area contributed by atoms with Gasteiger partial charge in [-0.25, -0.2) is 9.97 Å². The molecule has 0 unspecified atom stereocenters. The number of aromatic nitrogens is 3. The Kier molecular flexibility index (Phi) is 4.76. The molecular formula is C22H22N6. The quantitative estimate of drug-likeness (QED) is 0.545. The molecule has 2 aromatic heterocycles. The zero-order chi connectivity index (χ0) is 19.5. The minimum atomic E-state index is 0.512. The number of nitrogens with two attached hydrogens (primary N) is 1. The molecule has 6 heteroatoms. The van der Waals surface area contributed by atoms with Gasteiger partial charge >= 0.3 is 0 Å². The normalized spacial score (nSPS) is 10.8. The van der Waals surface area contributed by atoms with Gasteiger partial charge in [0.1, 0.15) is 12.0 Å². The summed E-state index contributed by atoms with van der Waals surface area (Å²) in [5.41, 5.74) is 10.9. The standard InChI is InChI=1S/C22H22N6/c1-15-11-12-17-18(26-15)9-6-10-19(17)27-21-20(23)22(25-14-24-21)28(2)13-16-7-4-3-5-8-16/h3-12,14H,13,23H2,1-2H3,(H,24,25,27). The van der Waals surface area contributed by atoms with Gasteiger partial charge in [0, 0.05) is 30.4 Å². The minimum absolute atomic E-state index is 0.512. The number of nitrogens with one attached hydrogen (secondary N) is 1. The summed E-state index contributed by atoms with van der Waals surface area (Å²) in [6, 6.07) is 20.2. The predicted octanol–water partition coefficient (Wildman–Crippen LogP) is 4.30. The van der Waals surface area contributed by atoms with E-state index in [-0.39, 0.29) is 0 Å². The molecule has 0 saturated carbocycles. The van der Waals surface area contributed by atoms with E-state index in [9.17, 15) is 0 Å². The fourth-order valence-corrected chi connectivity index (χ4v) is 3.22. The van der Waals surface area contributed by atoms with Crippen LogP contribution < -0.4 is 16.0 Å². The lowest BCUT2D eigenvalue weighted by molar-refractivity contribution is 0.894. The molecule has 0 aliphatic carbocycles. The highest BCUT2D eigenvalue weighted by atomic mass is 15.2. The number of anilines is 4. The fraction of sp³-hybridized carbons (Fsp3) is 0.136. The number of benzene rings is 2. The second kappa shape index (κ2) is 7.52. The van der Waals surface area contributed by atoms with Crippen molar-refractivity contribution in [3.8, 4) is 0 Å². The molecule has 6 nitrogen and oxygen atoms in total. The summed E-state index contributed by atoms with van der Waals surface area (Å²) >= 11 is 0. The van der Waals surface area contributed by atoms with Crippen molar-refractivity contribution in [1.29, 1.82) is 0 Å². The smallest absolute Gasteiger partial charge is 0.159 e. The van der Waals surface area contributed by atoms with Gasteiger partial charge in [-0.1, -0.05) is 36.4 Å². The maximum atomic E-state index is 6.41. The van der Waals surface area contributed by atoms with Crippen LogP contribution in [0.15, 0.2) is 67.0 Å². The van der Waals surface area contributed by atoms with Crippen molar-refractivity contribution in [2.45, 2.75) is 13.5 Å².